The van der Waals surface area contributed by atoms with E-state index in [-0.39, 0.29) is 22.5 Å². The van der Waals surface area contributed by atoms with Gasteiger partial charge in [0.25, 0.3) is 17.4 Å². The van der Waals surface area contributed by atoms with Crippen LogP contribution < -0.4 is 4.90 Å². The van der Waals surface area contributed by atoms with E-state index in [9.17, 15) is 24.8 Å². The number of nitro groups is 1. The van der Waals surface area contributed by atoms with Gasteiger partial charge in [0.1, 0.15) is 11.8 Å². The molecule has 0 spiro atoms. The van der Waals surface area contributed by atoms with E-state index in [1.165, 1.54) is 24.3 Å². The van der Waals surface area contributed by atoms with Gasteiger partial charge in [0.15, 0.2) is 0 Å². The Labute approximate surface area is 182 Å². The van der Waals surface area contributed by atoms with E-state index in [0.29, 0.717) is 10.6 Å². The fraction of sp³-hybridized carbons (Fsp3) is 0.0435. The number of nitro benzene ring substituents is 1. The number of aliphatic hydroxyl groups is 1. The van der Waals surface area contributed by atoms with Gasteiger partial charge in [-0.15, -0.1) is 0 Å². The lowest BCUT2D eigenvalue weighted by molar-refractivity contribution is -0.385. The number of halogens is 1. The number of rotatable bonds is 4. The smallest absolute Gasteiger partial charge is 0.300 e. The Balaban J connectivity index is 2.02. The molecule has 1 heterocycles. The van der Waals surface area contributed by atoms with E-state index in [0.717, 1.165) is 4.90 Å². The number of para-hydroxylation sites is 1. The van der Waals surface area contributed by atoms with Crippen LogP contribution in [0.25, 0.3) is 5.76 Å². The predicted octanol–water partition coefficient (Wildman–Crippen LogP) is 4.87. The van der Waals surface area contributed by atoms with Crippen molar-refractivity contribution in [1.29, 1.82) is 0 Å². The Morgan fingerprint density at radius 3 is 2.32 bits per heavy atom. The number of hydrogen-bond acceptors (Lipinski definition) is 5. The highest BCUT2D eigenvalue weighted by Crippen LogP contribution is 2.45. The topological polar surface area (TPSA) is 101 Å². The highest BCUT2D eigenvalue weighted by Gasteiger charge is 2.48. The number of anilines is 1. The van der Waals surface area contributed by atoms with Crippen LogP contribution in [0, 0.1) is 10.1 Å². The van der Waals surface area contributed by atoms with Gasteiger partial charge in [-0.3, -0.25) is 24.6 Å². The van der Waals surface area contributed by atoms with Crippen LogP contribution in [0.4, 0.5) is 11.4 Å². The minimum absolute atomic E-state index is 0.101. The van der Waals surface area contributed by atoms with E-state index < -0.39 is 28.4 Å². The largest absolute Gasteiger partial charge is 0.507 e. The third-order valence-electron chi connectivity index (χ3n) is 5.01. The maximum absolute atomic E-state index is 13.0. The molecule has 1 aliphatic rings. The van der Waals surface area contributed by atoms with Crippen molar-refractivity contribution < 1.29 is 19.6 Å². The summed E-state index contributed by atoms with van der Waals surface area (Å²) < 4.78 is 0. The van der Waals surface area contributed by atoms with Crippen molar-refractivity contribution in [2.75, 3.05) is 4.90 Å². The average molecular weight is 435 g/mol. The number of benzene rings is 3. The number of nitrogens with zero attached hydrogens (tertiary/aromatic N) is 2. The molecule has 8 heteroatoms. The zero-order chi connectivity index (χ0) is 22.1. The van der Waals surface area contributed by atoms with Crippen LogP contribution in [0.2, 0.25) is 5.02 Å². The Kier molecular flexibility index (Phi) is 5.27. The summed E-state index contributed by atoms with van der Waals surface area (Å²) in [5, 5.41) is 23.0. The van der Waals surface area contributed by atoms with Gasteiger partial charge in [-0.25, -0.2) is 0 Å². The molecule has 0 radical (unpaired) electrons. The summed E-state index contributed by atoms with van der Waals surface area (Å²) in [6.45, 7) is 0. The highest BCUT2D eigenvalue weighted by molar-refractivity contribution is 6.52. The summed E-state index contributed by atoms with van der Waals surface area (Å²) in [5.41, 5.74) is 0.190. The van der Waals surface area contributed by atoms with Crippen LogP contribution in [0.5, 0.6) is 0 Å². The number of carbonyl (C=O) groups excluding carboxylic acids is 2. The first-order valence-corrected chi connectivity index (χ1v) is 9.63. The van der Waals surface area contributed by atoms with Gasteiger partial charge in [-0.1, -0.05) is 60.1 Å². The molecule has 0 unspecified atom stereocenters. The molecule has 31 heavy (non-hydrogen) atoms. The summed E-state index contributed by atoms with van der Waals surface area (Å²) in [6, 6.07) is 19.1. The molecule has 1 atom stereocenters. The SMILES string of the molecule is O=C1C(=O)N(c2cccc(Cl)c2)[C@@H](c2ccccc2[N+](=O)[O-])C1=C(O)c1ccccc1. The zero-order valence-electron chi connectivity index (χ0n) is 15.9. The fourth-order valence-electron chi connectivity index (χ4n) is 3.66. The summed E-state index contributed by atoms with van der Waals surface area (Å²) in [7, 11) is 0. The first-order chi connectivity index (χ1) is 14.9. The van der Waals surface area contributed by atoms with E-state index in [2.05, 4.69) is 0 Å². The molecule has 7 nitrogen and oxygen atoms in total. The molecular weight excluding hydrogens is 420 g/mol. The standard InChI is InChI=1S/C23H15ClN2O5/c24-15-9-6-10-16(13-15)25-20(17-11-4-5-12-18(17)26(30)31)19(22(28)23(25)29)21(27)14-7-2-1-3-8-14/h1-13,20,27H/t20-/m0/s1. The summed E-state index contributed by atoms with van der Waals surface area (Å²) >= 11 is 6.09. The number of hydrogen-bond donors (Lipinski definition) is 1. The molecular formula is C23H15ClN2O5. The van der Waals surface area contributed by atoms with Crippen LogP contribution in [-0.4, -0.2) is 21.7 Å². The maximum Gasteiger partial charge on any atom is 0.300 e. The van der Waals surface area contributed by atoms with Crippen LogP contribution in [0.15, 0.2) is 84.4 Å². The lowest BCUT2D eigenvalue weighted by Gasteiger charge is -2.25. The van der Waals surface area contributed by atoms with E-state index in [1.807, 2.05) is 0 Å². The molecule has 3 aromatic rings. The highest BCUT2D eigenvalue weighted by atomic mass is 35.5. The van der Waals surface area contributed by atoms with Crippen LogP contribution in [0.3, 0.4) is 0 Å². The first kappa shape index (κ1) is 20.3. The van der Waals surface area contributed by atoms with Crippen molar-refractivity contribution >= 4 is 40.4 Å². The molecule has 0 aliphatic carbocycles. The molecule has 0 bridgehead atoms. The second-order valence-electron chi connectivity index (χ2n) is 6.83. The molecule has 0 aromatic heterocycles. The van der Waals surface area contributed by atoms with Crippen molar-refractivity contribution in [2.45, 2.75) is 6.04 Å². The van der Waals surface area contributed by atoms with Gasteiger partial charge >= 0.3 is 0 Å². The lowest BCUT2D eigenvalue weighted by atomic mass is 9.94. The van der Waals surface area contributed by atoms with Crippen LogP contribution >= 0.6 is 11.6 Å². The quantitative estimate of drug-likeness (QED) is 0.207. The minimum Gasteiger partial charge on any atom is -0.507 e. The third kappa shape index (κ3) is 3.55. The van der Waals surface area contributed by atoms with Crippen molar-refractivity contribution in [3.8, 4) is 0 Å². The van der Waals surface area contributed by atoms with Crippen molar-refractivity contribution in [1.82, 2.24) is 0 Å². The van der Waals surface area contributed by atoms with Gasteiger partial charge in [-0.05, 0) is 24.3 Å². The summed E-state index contributed by atoms with van der Waals surface area (Å²) in [6.07, 6.45) is 0. The Morgan fingerprint density at radius 2 is 1.65 bits per heavy atom. The molecule has 4 rings (SSSR count). The minimum atomic E-state index is -1.21. The molecule has 1 aliphatic heterocycles. The normalized spacial score (nSPS) is 17.7. The van der Waals surface area contributed by atoms with Crippen molar-refractivity contribution in [2.24, 2.45) is 0 Å². The Hall–Kier alpha value is -3.97. The van der Waals surface area contributed by atoms with Crippen LogP contribution in [0.1, 0.15) is 17.2 Å². The van der Waals surface area contributed by atoms with Crippen LogP contribution in [-0.2, 0) is 9.59 Å². The zero-order valence-corrected chi connectivity index (χ0v) is 16.7. The van der Waals surface area contributed by atoms with Crippen molar-refractivity contribution in [3.63, 3.8) is 0 Å². The number of ketones is 1. The summed E-state index contributed by atoms with van der Waals surface area (Å²) in [5.74, 6) is -2.26. The number of aliphatic hydroxyl groups excluding tert-OH is 1. The second-order valence-corrected chi connectivity index (χ2v) is 7.27. The average Bonchev–Trinajstić information content (AvgIpc) is 3.04. The monoisotopic (exact) mass is 434 g/mol. The van der Waals surface area contributed by atoms with E-state index in [4.69, 9.17) is 11.6 Å². The Morgan fingerprint density at radius 1 is 0.968 bits per heavy atom. The predicted molar refractivity (Wildman–Crippen MR) is 116 cm³/mol. The van der Waals surface area contributed by atoms with E-state index in [1.54, 1.807) is 54.6 Å². The molecule has 1 N–H and O–H groups in total. The molecule has 1 saturated heterocycles. The second kappa shape index (κ2) is 8.04. The summed E-state index contributed by atoms with van der Waals surface area (Å²) in [4.78, 5) is 38.3. The van der Waals surface area contributed by atoms with Gasteiger partial charge in [0.05, 0.1) is 16.1 Å². The van der Waals surface area contributed by atoms with E-state index >= 15 is 0 Å². The first-order valence-electron chi connectivity index (χ1n) is 9.25. The molecule has 3 aromatic carbocycles. The number of Topliss-reactive ketones (excluding diaryl/α,β-unsaturated/α-hetero) is 1. The van der Waals surface area contributed by atoms with Gasteiger partial charge in [0.2, 0.25) is 0 Å². The molecule has 0 saturated carbocycles. The van der Waals surface area contributed by atoms with Gasteiger partial charge in [0, 0.05) is 22.3 Å². The maximum atomic E-state index is 13.0. The molecule has 154 valence electrons. The van der Waals surface area contributed by atoms with Gasteiger partial charge < -0.3 is 5.11 Å². The Bertz CT molecular complexity index is 1240. The molecule has 1 amide bonds. The number of carbonyl (C=O) groups is 2. The van der Waals surface area contributed by atoms with Gasteiger partial charge in [-0.2, -0.15) is 0 Å². The van der Waals surface area contributed by atoms with Crippen molar-refractivity contribution in [3.05, 3.63) is 111 Å². The molecule has 1 fully saturated rings. The third-order valence-corrected chi connectivity index (χ3v) is 5.24. The number of amides is 1. The fourth-order valence-corrected chi connectivity index (χ4v) is 3.84. The lowest BCUT2D eigenvalue weighted by Crippen LogP contribution is -2.29.